The van der Waals surface area contributed by atoms with Crippen LogP contribution in [0.25, 0.3) is 0 Å². The Morgan fingerprint density at radius 2 is 2.14 bits per heavy atom. The number of hydrogen-bond donors (Lipinski definition) is 2. The highest BCUT2D eigenvalue weighted by molar-refractivity contribution is 7.19. The van der Waals surface area contributed by atoms with Gasteiger partial charge in [0.05, 0.1) is 7.11 Å². The highest BCUT2D eigenvalue weighted by atomic mass is 32.1. The first-order chi connectivity index (χ1) is 10.1. The first kappa shape index (κ1) is 15.1. The van der Waals surface area contributed by atoms with Crippen molar-refractivity contribution in [3.05, 3.63) is 35.0 Å². The summed E-state index contributed by atoms with van der Waals surface area (Å²) in [6.45, 7) is 0.673. The first-order valence-electron chi connectivity index (χ1n) is 6.36. The molecule has 0 bridgehead atoms. The van der Waals surface area contributed by atoms with Gasteiger partial charge in [-0.15, -0.1) is 11.3 Å². The number of carbonyl (C=O) groups is 1. The molecule has 0 unspecified atom stereocenters. The van der Waals surface area contributed by atoms with E-state index in [0.717, 1.165) is 10.6 Å². The third-order valence-electron chi connectivity index (χ3n) is 3.04. The molecule has 0 radical (unpaired) electrons. The number of aromatic nitrogens is 1. The molecule has 21 heavy (non-hydrogen) atoms. The number of nitrogen functional groups attached to an aromatic ring is 1. The molecule has 0 atom stereocenters. The van der Waals surface area contributed by atoms with Gasteiger partial charge < -0.3 is 20.7 Å². The number of thiophene rings is 1. The number of carbonyl (C=O) groups excluding carboxylic acids is 1. The lowest BCUT2D eigenvalue weighted by molar-refractivity contribution is 0.0967. The van der Waals surface area contributed by atoms with E-state index >= 15 is 0 Å². The summed E-state index contributed by atoms with van der Waals surface area (Å²) in [5, 5.41) is 3.41. The smallest absolute Gasteiger partial charge is 0.263 e. The van der Waals surface area contributed by atoms with Crippen molar-refractivity contribution in [2.24, 2.45) is 0 Å². The van der Waals surface area contributed by atoms with Gasteiger partial charge in [0.15, 0.2) is 5.75 Å². The zero-order valence-corrected chi connectivity index (χ0v) is 13.0. The molecule has 0 aliphatic rings. The van der Waals surface area contributed by atoms with Crippen LogP contribution < -0.4 is 20.7 Å². The van der Waals surface area contributed by atoms with Crippen LogP contribution >= 0.6 is 11.3 Å². The summed E-state index contributed by atoms with van der Waals surface area (Å²) in [5.41, 5.74) is 7.50. The summed E-state index contributed by atoms with van der Waals surface area (Å²) < 4.78 is 5.36. The van der Waals surface area contributed by atoms with Gasteiger partial charge in [-0.1, -0.05) is 0 Å². The Morgan fingerprint density at radius 3 is 2.71 bits per heavy atom. The number of ether oxygens (including phenoxy) is 1. The maximum Gasteiger partial charge on any atom is 0.263 e. The summed E-state index contributed by atoms with van der Waals surface area (Å²) in [4.78, 5) is 18.3. The number of rotatable bonds is 5. The molecule has 0 aliphatic carbocycles. The van der Waals surface area contributed by atoms with Gasteiger partial charge in [-0.2, -0.15) is 0 Å². The number of nitrogens with one attached hydrogen (secondary N) is 1. The quantitative estimate of drug-likeness (QED) is 0.879. The SMILES string of the molecule is CNC(=O)c1sc(N(C)Cc2ccncc2)c(OC)c1N. The van der Waals surface area contributed by atoms with Gasteiger partial charge in [0.25, 0.3) is 5.91 Å². The number of hydrogen-bond acceptors (Lipinski definition) is 6. The van der Waals surface area contributed by atoms with E-state index in [0.29, 0.717) is 22.9 Å². The molecule has 0 saturated heterocycles. The molecule has 2 heterocycles. The zero-order valence-electron chi connectivity index (χ0n) is 12.2. The average Bonchev–Trinajstić information content (AvgIpc) is 2.84. The number of amides is 1. The minimum atomic E-state index is -0.209. The summed E-state index contributed by atoms with van der Waals surface area (Å²) in [7, 11) is 5.06. The van der Waals surface area contributed by atoms with Crippen molar-refractivity contribution in [1.82, 2.24) is 10.3 Å². The third kappa shape index (κ3) is 3.08. The van der Waals surface area contributed by atoms with Gasteiger partial charge in [-0.3, -0.25) is 9.78 Å². The molecule has 1 amide bonds. The highest BCUT2D eigenvalue weighted by Gasteiger charge is 2.23. The van der Waals surface area contributed by atoms with Crippen molar-refractivity contribution in [3.63, 3.8) is 0 Å². The number of pyridine rings is 1. The largest absolute Gasteiger partial charge is 0.492 e. The van der Waals surface area contributed by atoms with Crippen LogP contribution in [0.1, 0.15) is 15.2 Å². The van der Waals surface area contributed by atoms with Gasteiger partial charge in [-0.05, 0) is 17.7 Å². The van der Waals surface area contributed by atoms with Crippen LogP contribution in [0.15, 0.2) is 24.5 Å². The van der Waals surface area contributed by atoms with Crippen LogP contribution in [-0.2, 0) is 6.54 Å². The minimum absolute atomic E-state index is 0.209. The molecule has 3 N–H and O–H groups in total. The van der Waals surface area contributed by atoms with Crippen LogP contribution in [0.5, 0.6) is 5.75 Å². The molecular weight excluding hydrogens is 288 g/mol. The van der Waals surface area contributed by atoms with Gasteiger partial charge >= 0.3 is 0 Å². The Bertz CT molecular complexity index is 627. The Kier molecular flexibility index (Phi) is 4.64. The number of nitrogens with two attached hydrogens (primary N) is 1. The molecule has 2 aromatic rings. The molecular formula is C14H18N4O2S. The Balaban J connectivity index is 2.32. The van der Waals surface area contributed by atoms with Crippen molar-refractivity contribution in [1.29, 1.82) is 0 Å². The molecule has 0 aliphatic heterocycles. The second kappa shape index (κ2) is 6.45. The predicted octanol–water partition coefficient (Wildman–Crippen LogP) is 1.73. The van der Waals surface area contributed by atoms with Gasteiger partial charge in [0.2, 0.25) is 0 Å². The zero-order chi connectivity index (χ0) is 15.4. The van der Waals surface area contributed by atoms with Gasteiger partial charge in [0, 0.05) is 33.0 Å². The van der Waals surface area contributed by atoms with Crippen molar-refractivity contribution >= 4 is 27.9 Å². The van der Waals surface area contributed by atoms with E-state index in [1.54, 1.807) is 26.6 Å². The number of anilines is 2. The summed E-state index contributed by atoms with van der Waals surface area (Å²) in [6, 6.07) is 3.89. The van der Waals surface area contributed by atoms with E-state index in [4.69, 9.17) is 10.5 Å². The van der Waals surface area contributed by atoms with E-state index in [-0.39, 0.29) is 5.91 Å². The Morgan fingerprint density at radius 1 is 1.48 bits per heavy atom. The fourth-order valence-electron chi connectivity index (χ4n) is 1.98. The lowest BCUT2D eigenvalue weighted by atomic mass is 10.2. The van der Waals surface area contributed by atoms with E-state index in [1.807, 2.05) is 24.1 Å². The van der Waals surface area contributed by atoms with Crippen LogP contribution in [0.3, 0.4) is 0 Å². The second-order valence-electron chi connectivity index (χ2n) is 4.47. The second-order valence-corrected chi connectivity index (χ2v) is 5.47. The van der Waals surface area contributed by atoms with Crippen LogP contribution in [0, 0.1) is 0 Å². The fourth-order valence-corrected chi connectivity index (χ4v) is 3.08. The van der Waals surface area contributed by atoms with Crippen molar-refractivity contribution < 1.29 is 9.53 Å². The summed E-state index contributed by atoms with van der Waals surface area (Å²) in [6.07, 6.45) is 3.50. The average molecular weight is 306 g/mol. The lowest BCUT2D eigenvalue weighted by Gasteiger charge is -2.18. The maximum atomic E-state index is 11.8. The molecule has 0 fully saturated rings. The third-order valence-corrected chi connectivity index (χ3v) is 4.34. The number of nitrogens with zero attached hydrogens (tertiary/aromatic N) is 2. The van der Waals surface area contributed by atoms with Crippen LogP contribution in [0.2, 0.25) is 0 Å². The van der Waals surface area contributed by atoms with E-state index in [1.165, 1.54) is 11.3 Å². The molecule has 0 spiro atoms. The normalized spacial score (nSPS) is 10.2. The van der Waals surface area contributed by atoms with E-state index in [2.05, 4.69) is 10.3 Å². The summed E-state index contributed by atoms with van der Waals surface area (Å²) in [5.74, 6) is 0.328. The minimum Gasteiger partial charge on any atom is -0.492 e. The monoisotopic (exact) mass is 306 g/mol. The van der Waals surface area contributed by atoms with Crippen molar-refractivity contribution in [2.75, 3.05) is 31.8 Å². The molecule has 112 valence electrons. The fraction of sp³-hybridized carbons (Fsp3) is 0.286. The number of methoxy groups -OCH3 is 1. The van der Waals surface area contributed by atoms with Crippen LogP contribution in [0.4, 0.5) is 10.7 Å². The Labute approximate surface area is 127 Å². The van der Waals surface area contributed by atoms with Gasteiger partial charge in [-0.25, -0.2) is 0 Å². The topological polar surface area (TPSA) is 80.5 Å². The molecule has 2 rings (SSSR count). The molecule has 0 saturated carbocycles. The molecule has 2 aromatic heterocycles. The maximum absolute atomic E-state index is 11.8. The lowest BCUT2D eigenvalue weighted by Crippen LogP contribution is -2.17. The highest BCUT2D eigenvalue weighted by Crippen LogP contribution is 2.44. The Hall–Kier alpha value is -2.28. The molecule has 0 aromatic carbocycles. The molecule has 7 heteroatoms. The van der Waals surface area contributed by atoms with E-state index in [9.17, 15) is 4.79 Å². The van der Waals surface area contributed by atoms with Crippen LogP contribution in [-0.4, -0.2) is 32.1 Å². The van der Waals surface area contributed by atoms with Gasteiger partial charge in [0.1, 0.15) is 15.6 Å². The predicted molar refractivity (Wildman–Crippen MR) is 85.0 cm³/mol. The first-order valence-corrected chi connectivity index (χ1v) is 7.18. The standard InChI is InChI=1S/C14H18N4O2S/c1-16-13(19)12-10(15)11(20-3)14(21-12)18(2)8-9-4-6-17-7-5-9/h4-7H,8,15H2,1-3H3,(H,16,19). The van der Waals surface area contributed by atoms with Crippen molar-refractivity contribution in [3.8, 4) is 5.75 Å². The van der Waals surface area contributed by atoms with E-state index < -0.39 is 0 Å². The summed E-state index contributed by atoms with van der Waals surface area (Å²) >= 11 is 1.32. The van der Waals surface area contributed by atoms with Crippen molar-refractivity contribution in [2.45, 2.75) is 6.54 Å². The molecule has 6 nitrogen and oxygen atoms in total.